The van der Waals surface area contributed by atoms with Crippen LogP contribution < -0.4 is 5.32 Å². The Morgan fingerprint density at radius 1 is 1.22 bits per heavy atom. The Balaban J connectivity index is 1.39. The first-order chi connectivity index (χ1) is 13.3. The average molecular weight is 363 g/mol. The lowest BCUT2D eigenvalue weighted by molar-refractivity contribution is 0.0681. The number of methoxy groups -OCH3 is 1. The average Bonchev–Trinajstić information content (AvgIpc) is 3.34. The SMILES string of the molecule is CO[C@H]1CC[C@@H](Nc2ncc3c(-c4ccc5nncn5c4)c[nH]c3n2)CC1. The van der Waals surface area contributed by atoms with E-state index in [4.69, 9.17) is 4.74 Å². The van der Waals surface area contributed by atoms with E-state index >= 15 is 0 Å². The van der Waals surface area contributed by atoms with Crippen molar-refractivity contribution in [2.24, 2.45) is 0 Å². The lowest BCUT2D eigenvalue weighted by Gasteiger charge is -2.28. The van der Waals surface area contributed by atoms with Gasteiger partial charge in [0.1, 0.15) is 12.0 Å². The van der Waals surface area contributed by atoms with E-state index in [-0.39, 0.29) is 0 Å². The molecule has 27 heavy (non-hydrogen) atoms. The number of aromatic amines is 1. The van der Waals surface area contributed by atoms with E-state index in [1.54, 1.807) is 13.4 Å². The fourth-order valence-electron chi connectivity index (χ4n) is 3.83. The zero-order valence-electron chi connectivity index (χ0n) is 15.1. The second-order valence-corrected chi connectivity index (χ2v) is 7.03. The zero-order valence-corrected chi connectivity index (χ0v) is 15.1. The van der Waals surface area contributed by atoms with Gasteiger partial charge >= 0.3 is 0 Å². The molecular weight excluding hydrogens is 342 g/mol. The van der Waals surface area contributed by atoms with E-state index in [9.17, 15) is 0 Å². The molecule has 0 amide bonds. The van der Waals surface area contributed by atoms with Crippen LogP contribution in [-0.4, -0.2) is 48.8 Å². The molecule has 1 fully saturated rings. The largest absolute Gasteiger partial charge is 0.381 e. The molecule has 2 N–H and O–H groups in total. The van der Waals surface area contributed by atoms with Gasteiger partial charge in [0.05, 0.1) is 6.10 Å². The highest BCUT2D eigenvalue weighted by Gasteiger charge is 2.21. The highest BCUT2D eigenvalue weighted by Crippen LogP contribution is 2.28. The summed E-state index contributed by atoms with van der Waals surface area (Å²) in [6, 6.07) is 4.39. The molecule has 4 aromatic rings. The molecule has 138 valence electrons. The molecule has 0 unspecified atom stereocenters. The first kappa shape index (κ1) is 16.2. The van der Waals surface area contributed by atoms with Gasteiger partial charge in [0.15, 0.2) is 5.65 Å². The predicted octanol–water partition coefficient (Wildman–Crippen LogP) is 3.04. The van der Waals surface area contributed by atoms with Gasteiger partial charge in [0.2, 0.25) is 5.95 Å². The number of ether oxygens (including phenoxy) is 1. The van der Waals surface area contributed by atoms with Crippen molar-refractivity contribution in [3.05, 3.63) is 37.1 Å². The molecule has 5 rings (SSSR count). The number of anilines is 1. The van der Waals surface area contributed by atoms with Gasteiger partial charge in [-0.1, -0.05) is 0 Å². The fraction of sp³-hybridized carbons (Fsp3) is 0.368. The molecule has 0 atom stereocenters. The molecule has 0 aromatic carbocycles. The van der Waals surface area contributed by atoms with Crippen LogP contribution in [0.4, 0.5) is 5.95 Å². The van der Waals surface area contributed by atoms with Gasteiger partial charge < -0.3 is 15.0 Å². The molecular formula is C19H21N7O. The Hall–Kier alpha value is -3.00. The summed E-state index contributed by atoms with van der Waals surface area (Å²) in [6.07, 6.45) is 12.3. The Morgan fingerprint density at radius 3 is 2.96 bits per heavy atom. The minimum Gasteiger partial charge on any atom is -0.381 e. The summed E-state index contributed by atoms with van der Waals surface area (Å²) in [5, 5.41) is 12.4. The van der Waals surface area contributed by atoms with Crippen molar-refractivity contribution in [3.63, 3.8) is 0 Å². The maximum absolute atomic E-state index is 5.44. The number of pyridine rings is 1. The number of rotatable bonds is 4. The third-order valence-electron chi connectivity index (χ3n) is 5.37. The number of H-pyrrole nitrogens is 1. The molecule has 0 aliphatic heterocycles. The topological polar surface area (TPSA) is 93.0 Å². The predicted molar refractivity (Wildman–Crippen MR) is 103 cm³/mol. The van der Waals surface area contributed by atoms with Crippen LogP contribution >= 0.6 is 0 Å². The molecule has 8 nitrogen and oxygen atoms in total. The maximum atomic E-state index is 5.44. The summed E-state index contributed by atoms with van der Waals surface area (Å²) >= 11 is 0. The van der Waals surface area contributed by atoms with Gasteiger partial charge in [0.25, 0.3) is 0 Å². The summed E-state index contributed by atoms with van der Waals surface area (Å²) in [5.74, 6) is 0.672. The van der Waals surface area contributed by atoms with Gasteiger partial charge in [0, 0.05) is 48.3 Å². The summed E-state index contributed by atoms with van der Waals surface area (Å²) in [7, 11) is 1.79. The molecule has 1 saturated carbocycles. The van der Waals surface area contributed by atoms with E-state index in [0.29, 0.717) is 18.1 Å². The van der Waals surface area contributed by atoms with Crippen LogP contribution in [-0.2, 0) is 4.74 Å². The van der Waals surface area contributed by atoms with E-state index in [1.165, 1.54) is 0 Å². The lowest BCUT2D eigenvalue weighted by Crippen LogP contribution is -2.29. The monoisotopic (exact) mass is 363 g/mol. The first-order valence-electron chi connectivity index (χ1n) is 9.23. The fourth-order valence-corrected chi connectivity index (χ4v) is 3.83. The van der Waals surface area contributed by atoms with Gasteiger partial charge in [-0.2, -0.15) is 4.98 Å². The minimum absolute atomic E-state index is 0.389. The van der Waals surface area contributed by atoms with Crippen molar-refractivity contribution >= 4 is 22.6 Å². The van der Waals surface area contributed by atoms with E-state index in [2.05, 4.69) is 30.5 Å². The second-order valence-electron chi connectivity index (χ2n) is 7.03. The normalized spacial score (nSPS) is 20.3. The zero-order chi connectivity index (χ0) is 18.2. The number of nitrogens with one attached hydrogen (secondary N) is 2. The van der Waals surface area contributed by atoms with Crippen LogP contribution in [0.1, 0.15) is 25.7 Å². The molecule has 8 heteroatoms. The number of hydrogen-bond donors (Lipinski definition) is 2. The highest BCUT2D eigenvalue weighted by atomic mass is 16.5. The van der Waals surface area contributed by atoms with E-state index in [0.717, 1.165) is 53.5 Å². The minimum atomic E-state index is 0.389. The van der Waals surface area contributed by atoms with Crippen molar-refractivity contribution in [1.29, 1.82) is 0 Å². The van der Waals surface area contributed by atoms with Crippen molar-refractivity contribution in [2.75, 3.05) is 12.4 Å². The van der Waals surface area contributed by atoms with Crippen molar-refractivity contribution in [3.8, 4) is 11.1 Å². The molecule has 0 saturated heterocycles. The van der Waals surface area contributed by atoms with Crippen LogP contribution in [0.15, 0.2) is 37.1 Å². The molecule has 1 aliphatic carbocycles. The van der Waals surface area contributed by atoms with Gasteiger partial charge in [-0.15, -0.1) is 10.2 Å². The molecule has 1 aliphatic rings. The number of nitrogens with zero attached hydrogens (tertiary/aromatic N) is 5. The van der Waals surface area contributed by atoms with Crippen molar-refractivity contribution in [2.45, 2.75) is 37.8 Å². The number of aromatic nitrogens is 6. The third kappa shape index (κ3) is 3.02. The molecule has 0 bridgehead atoms. The third-order valence-corrected chi connectivity index (χ3v) is 5.37. The quantitative estimate of drug-likeness (QED) is 0.579. The van der Waals surface area contributed by atoms with Crippen molar-refractivity contribution < 1.29 is 4.74 Å². The van der Waals surface area contributed by atoms with E-state index < -0.39 is 0 Å². The van der Waals surface area contributed by atoms with Gasteiger partial charge in [-0.05, 0) is 37.8 Å². The lowest BCUT2D eigenvalue weighted by atomic mass is 9.93. The molecule has 0 spiro atoms. The number of fused-ring (bicyclic) bond motifs is 2. The van der Waals surface area contributed by atoms with Crippen molar-refractivity contribution in [1.82, 2.24) is 29.5 Å². The van der Waals surface area contributed by atoms with Crippen LogP contribution in [0, 0.1) is 0 Å². The molecule has 4 aromatic heterocycles. The first-order valence-corrected chi connectivity index (χ1v) is 9.23. The van der Waals surface area contributed by atoms with Crippen LogP contribution in [0.25, 0.3) is 27.8 Å². The van der Waals surface area contributed by atoms with Crippen LogP contribution in [0.2, 0.25) is 0 Å². The summed E-state index contributed by atoms with van der Waals surface area (Å²) in [5.41, 5.74) is 3.78. The smallest absolute Gasteiger partial charge is 0.224 e. The van der Waals surface area contributed by atoms with Gasteiger partial charge in [-0.3, -0.25) is 4.40 Å². The standard InChI is InChI=1S/C19H21N7O/c1-27-14-5-3-13(4-6-14)23-19-21-9-16-15(8-20-18(16)24-19)12-2-7-17-25-22-11-26(17)10-12/h2,7-11,13-14H,3-6H2,1H3,(H2,20,21,23,24)/t13-,14+. The van der Waals surface area contributed by atoms with E-state index in [1.807, 2.05) is 35.1 Å². The van der Waals surface area contributed by atoms with Crippen LogP contribution in [0.5, 0.6) is 0 Å². The summed E-state index contributed by atoms with van der Waals surface area (Å²) in [4.78, 5) is 12.5. The highest BCUT2D eigenvalue weighted by molar-refractivity contribution is 5.93. The summed E-state index contributed by atoms with van der Waals surface area (Å²) in [6.45, 7) is 0. The Morgan fingerprint density at radius 2 is 2.11 bits per heavy atom. The molecule has 4 heterocycles. The maximum Gasteiger partial charge on any atom is 0.224 e. The Bertz CT molecular complexity index is 1080. The Kier molecular flexibility index (Phi) is 3.97. The Labute approximate surface area is 156 Å². The van der Waals surface area contributed by atoms with Crippen LogP contribution in [0.3, 0.4) is 0 Å². The molecule has 0 radical (unpaired) electrons. The van der Waals surface area contributed by atoms with Gasteiger partial charge in [-0.25, -0.2) is 4.98 Å². The second kappa shape index (κ2) is 6.62. The summed E-state index contributed by atoms with van der Waals surface area (Å²) < 4.78 is 7.34. The number of hydrogen-bond acceptors (Lipinski definition) is 6.